The number of carbonyl (C=O) groups excluding carboxylic acids is 3. The van der Waals surface area contributed by atoms with Crippen LogP contribution in [0.5, 0.6) is 11.5 Å². The van der Waals surface area contributed by atoms with Crippen molar-refractivity contribution in [3.63, 3.8) is 0 Å². The Morgan fingerprint density at radius 2 is 1.66 bits per heavy atom. The molecule has 1 saturated heterocycles. The molecule has 2 aliphatic heterocycles. The van der Waals surface area contributed by atoms with Gasteiger partial charge in [0, 0.05) is 26.2 Å². The van der Waals surface area contributed by atoms with Crippen LogP contribution in [0.3, 0.4) is 0 Å². The van der Waals surface area contributed by atoms with Crippen LogP contribution in [0.25, 0.3) is 10.2 Å². The Morgan fingerprint density at radius 3 is 2.29 bits per heavy atom. The van der Waals surface area contributed by atoms with Crippen molar-refractivity contribution in [3.8, 4) is 11.5 Å². The molecule has 0 N–H and O–H groups in total. The minimum atomic E-state index is -0.463. The number of anilines is 1. The van der Waals surface area contributed by atoms with Crippen molar-refractivity contribution >= 4 is 56.8 Å². The quantitative estimate of drug-likeness (QED) is 0.368. The smallest absolute Gasteiger partial charge is 0.262 e. The third-order valence-corrected chi connectivity index (χ3v) is 7.66. The molecule has 10 nitrogen and oxygen atoms in total. The lowest BCUT2D eigenvalue weighted by Gasteiger charge is -2.28. The maximum absolute atomic E-state index is 13.7. The van der Waals surface area contributed by atoms with Crippen LogP contribution in [-0.2, 0) is 9.53 Å². The minimum Gasteiger partial charge on any atom is -0.495 e. The highest BCUT2D eigenvalue weighted by molar-refractivity contribution is 7.22. The van der Waals surface area contributed by atoms with E-state index in [1.54, 1.807) is 55.5 Å². The molecule has 0 aliphatic carbocycles. The first-order valence-electron chi connectivity index (χ1n) is 12.1. The van der Waals surface area contributed by atoms with E-state index in [0.717, 1.165) is 29.2 Å². The molecule has 0 spiro atoms. The summed E-state index contributed by atoms with van der Waals surface area (Å²) in [4.78, 5) is 49.1. The average Bonchev–Trinajstić information content (AvgIpc) is 3.47. The van der Waals surface area contributed by atoms with Crippen LogP contribution in [0.2, 0.25) is 0 Å². The second-order valence-electron chi connectivity index (χ2n) is 8.74. The van der Waals surface area contributed by atoms with Crippen molar-refractivity contribution in [3.05, 3.63) is 47.5 Å². The number of carbonyl (C=O) groups is 3. The highest BCUT2D eigenvalue weighted by Gasteiger charge is 2.37. The fourth-order valence-corrected chi connectivity index (χ4v) is 5.72. The molecule has 1 aromatic heterocycles. The van der Waals surface area contributed by atoms with Crippen LogP contribution in [-0.4, -0.2) is 92.7 Å². The largest absolute Gasteiger partial charge is 0.495 e. The van der Waals surface area contributed by atoms with Crippen molar-refractivity contribution in [2.45, 2.75) is 6.42 Å². The van der Waals surface area contributed by atoms with Gasteiger partial charge in [-0.3, -0.25) is 29.1 Å². The van der Waals surface area contributed by atoms with Gasteiger partial charge in [0.15, 0.2) is 5.13 Å². The highest BCUT2D eigenvalue weighted by atomic mass is 35.5. The van der Waals surface area contributed by atoms with Gasteiger partial charge in [-0.15, -0.1) is 12.4 Å². The SMILES string of the molecule is COc1ccc(OC)c2sc(N(CCCN3CCOCC3)C(=O)CN3C(=O)c4ccccc4C3=O)nc12.Cl. The summed E-state index contributed by atoms with van der Waals surface area (Å²) < 4.78 is 17.2. The zero-order valence-electron chi connectivity index (χ0n) is 21.2. The van der Waals surface area contributed by atoms with E-state index in [0.29, 0.717) is 59.5 Å². The Hall–Kier alpha value is -3.25. The Labute approximate surface area is 230 Å². The van der Waals surface area contributed by atoms with E-state index >= 15 is 0 Å². The third kappa shape index (κ3) is 5.32. The first kappa shape index (κ1) is 27.8. The maximum Gasteiger partial charge on any atom is 0.262 e. The zero-order chi connectivity index (χ0) is 25.9. The molecule has 5 rings (SSSR count). The Kier molecular flexibility index (Phi) is 8.83. The number of hydrogen-bond donors (Lipinski definition) is 0. The lowest BCUT2D eigenvalue weighted by molar-refractivity contribution is -0.119. The minimum absolute atomic E-state index is 0. The van der Waals surface area contributed by atoms with Crippen LogP contribution in [0, 0.1) is 0 Å². The van der Waals surface area contributed by atoms with E-state index in [4.69, 9.17) is 19.2 Å². The van der Waals surface area contributed by atoms with Crippen molar-refractivity contribution < 1.29 is 28.6 Å². The molecule has 2 aliphatic rings. The van der Waals surface area contributed by atoms with E-state index in [9.17, 15) is 14.4 Å². The Morgan fingerprint density at radius 1 is 1.03 bits per heavy atom. The molecule has 0 unspecified atom stereocenters. The number of ether oxygens (including phenoxy) is 3. The summed E-state index contributed by atoms with van der Waals surface area (Å²) in [5.74, 6) is -0.113. The summed E-state index contributed by atoms with van der Waals surface area (Å²) in [5.41, 5.74) is 1.22. The van der Waals surface area contributed by atoms with Gasteiger partial charge >= 0.3 is 0 Å². The van der Waals surface area contributed by atoms with Gasteiger partial charge in [0.2, 0.25) is 5.91 Å². The van der Waals surface area contributed by atoms with Gasteiger partial charge in [-0.05, 0) is 30.7 Å². The summed E-state index contributed by atoms with van der Waals surface area (Å²) in [5, 5.41) is 0.460. The molecule has 3 amide bonds. The number of hydrogen-bond acceptors (Lipinski definition) is 9. The molecule has 0 bridgehead atoms. The lowest BCUT2D eigenvalue weighted by atomic mass is 10.1. The molecule has 0 saturated carbocycles. The lowest BCUT2D eigenvalue weighted by Crippen LogP contribution is -2.44. The second kappa shape index (κ2) is 12.1. The van der Waals surface area contributed by atoms with E-state index < -0.39 is 11.8 Å². The van der Waals surface area contributed by atoms with Gasteiger partial charge in [-0.2, -0.15) is 0 Å². The van der Waals surface area contributed by atoms with Crippen LogP contribution in [0.4, 0.5) is 5.13 Å². The van der Waals surface area contributed by atoms with Crippen LogP contribution in [0.15, 0.2) is 36.4 Å². The normalized spacial score (nSPS) is 15.4. The first-order chi connectivity index (χ1) is 18.0. The molecular weight excluding hydrogens is 532 g/mol. The summed E-state index contributed by atoms with van der Waals surface area (Å²) >= 11 is 1.31. The summed E-state index contributed by atoms with van der Waals surface area (Å²) in [7, 11) is 3.14. The number of halogens is 1. The number of nitrogens with zero attached hydrogens (tertiary/aromatic N) is 4. The van der Waals surface area contributed by atoms with Gasteiger partial charge in [-0.25, -0.2) is 4.98 Å². The van der Waals surface area contributed by atoms with Crippen molar-refractivity contribution in [2.75, 3.05) is 65.1 Å². The fraction of sp³-hybridized carbons (Fsp3) is 0.385. The van der Waals surface area contributed by atoms with E-state index in [-0.39, 0.29) is 24.9 Å². The van der Waals surface area contributed by atoms with E-state index in [1.807, 2.05) is 0 Å². The first-order valence-corrected chi connectivity index (χ1v) is 12.9. The standard InChI is InChI=1S/C26H28N4O6S.ClH/c1-34-19-8-9-20(35-2)23-22(19)27-26(37-23)29(11-5-10-28-12-14-36-15-13-28)21(31)16-30-24(32)17-6-3-4-7-18(17)25(30)33;/h3-4,6-9H,5,10-16H2,1-2H3;1H. The van der Waals surface area contributed by atoms with Gasteiger partial charge in [-0.1, -0.05) is 23.5 Å². The Bertz CT molecular complexity index is 1270. The fourth-order valence-electron chi connectivity index (χ4n) is 4.60. The molecule has 12 heteroatoms. The van der Waals surface area contributed by atoms with Gasteiger partial charge < -0.3 is 14.2 Å². The molecular formula is C26H29ClN4O6S. The van der Waals surface area contributed by atoms with Gasteiger partial charge in [0.25, 0.3) is 11.8 Å². The number of methoxy groups -OCH3 is 2. The van der Waals surface area contributed by atoms with Gasteiger partial charge in [0.05, 0.1) is 38.6 Å². The van der Waals surface area contributed by atoms with Crippen molar-refractivity contribution in [2.24, 2.45) is 0 Å². The predicted molar refractivity (Wildman–Crippen MR) is 146 cm³/mol. The van der Waals surface area contributed by atoms with Crippen molar-refractivity contribution in [1.82, 2.24) is 14.8 Å². The highest BCUT2D eigenvalue weighted by Crippen LogP contribution is 2.40. The molecule has 2 aromatic carbocycles. The summed E-state index contributed by atoms with van der Waals surface area (Å²) in [6.45, 7) is 3.88. The molecule has 0 atom stereocenters. The maximum atomic E-state index is 13.7. The zero-order valence-corrected chi connectivity index (χ0v) is 22.8. The summed E-state index contributed by atoms with van der Waals surface area (Å²) in [6, 6.07) is 10.2. The molecule has 1 fully saturated rings. The number of fused-ring (bicyclic) bond motifs is 2. The number of aromatic nitrogens is 1. The monoisotopic (exact) mass is 560 g/mol. The number of morpholine rings is 1. The molecule has 38 heavy (non-hydrogen) atoms. The van der Waals surface area contributed by atoms with E-state index in [1.165, 1.54) is 11.3 Å². The third-order valence-electron chi connectivity index (χ3n) is 6.56. The Balaban J connectivity index is 0.00000336. The topological polar surface area (TPSA) is 102 Å². The number of thiazole rings is 1. The van der Waals surface area contributed by atoms with E-state index in [2.05, 4.69) is 4.90 Å². The number of amides is 3. The number of benzene rings is 2. The predicted octanol–water partition coefficient (Wildman–Crippen LogP) is 3.09. The van der Waals surface area contributed by atoms with Crippen LogP contribution < -0.4 is 14.4 Å². The van der Waals surface area contributed by atoms with Crippen molar-refractivity contribution in [1.29, 1.82) is 0 Å². The summed E-state index contributed by atoms with van der Waals surface area (Å²) in [6.07, 6.45) is 0.693. The molecule has 3 aromatic rings. The number of imide groups is 1. The van der Waals surface area contributed by atoms with Crippen LogP contribution >= 0.6 is 23.7 Å². The second-order valence-corrected chi connectivity index (χ2v) is 9.72. The van der Waals surface area contributed by atoms with Crippen LogP contribution in [0.1, 0.15) is 27.1 Å². The number of rotatable bonds is 9. The molecule has 202 valence electrons. The average molecular weight is 561 g/mol. The molecule has 0 radical (unpaired) electrons. The van der Waals surface area contributed by atoms with Gasteiger partial charge in [0.1, 0.15) is 28.3 Å². The molecule has 3 heterocycles.